The summed E-state index contributed by atoms with van der Waals surface area (Å²) in [6, 6.07) is 6.89. The zero-order chi connectivity index (χ0) is 13.8. The molecule has 0 aliphatic rings. The van der Waals surface area contributed by atoms with Crippen LogP contribution >= 0.6 is 15.9 Å². The summed E-state index contributed by atoms with van der Waals surface area (Å²) < 4.78 is 11.0. The predicted octanol–water partition coefficient (Wildman–Crippen LogP) is 2.35. The van der Waals surface area contributed by atoms with Crippen LogP contribution in [-0.2, 0) is 11.3 Å². The molecule has 0 saturated heterocycles. The summed E-state index contributed by atoms with van der Waals surface area (Å²) in [6.07, 6.45) is 0. The second-order valence-corrected chi connectivity index (χ2v) is 4.72. The van der Waals surface area contributed by atoms with Crippen LogP contribution in [0.25, 0.3) is 11.4 Å². The Bertz CT molecular complexity index is 640. The van der Waals surface area contributed by atoms with Crippen molar-refractivity contribution in [3.05, 3.63) is 44.8 Å². The quantitative estimate of drug-likeness (QED) is 0.937. The Morgan fingerprint density at radius 3 is 2.79 bits per heavy atom. The van der Waals surface area contributed by atoms with Crippen LogP contribution in [0, 0.1) is 0 Å². The smallest absolute Gasteiger partial charge is 0.251 e. The molecule has 1 heterocycles. The van der Waals surface area contributed by atoms with Crippen LogP contribution < -0.4 is 10.3 Å². The summed E-state index contributed by atoms with van der Waals surface area (Å²) in [5.74, 6) is 1.17. The van der Waals surface area contributed by atoms with Gasteiger partial charge in [0.1, 0.15) is 11.6 Å². The molecule has 0 radical (unpaired) electrons. The van der Waals surface area contributed by atoms with Crippen molar-refractivity contribution in [2.24, 2.45) is 0 Å². The van der Waals surface area contributed by atoms with Gasteiger partial charge in [-0.3, -0.25) is 4.79 Å². The predicted molar refractivity (Wildman–Crippen MR) is 75.3 cm³/mol. The fraction of sp³-hybridized carbons (Fsp3) is 0.231. The van der Waals surface area contributed by atoms with Gasteiger partial charge in [0.15, 0.2) is 0 Å². The summed E-state index contributed by atoms with van der Waals surface area (Å²) >= 11 is 3.44. The van der Waals surface area contributed by atoms with Crippen LogP contribution in [-0.4, -0.2) is 24.2 Å². The van der Waals surface area contributed by atoms with Gasteiger partial charge < -0.3 is 14.5 Å². The minimum atomic E-state index is -0.216. The number of rotatable bonds is 4. The highest BCUT2D eigenvalue weighted by atomic mass is 79.9. The van der Waals surface area contributed by atoms with E-state index >= 15 is 0 Å². The van der Waals surface area contributed by atoms with Crippen molar-refractivity contribution in [3.63, 3.8) is 0 Å². The average molecular weight is 325 g/mol. The maximum atomic E-state index is 11.6. The van der Waals surface area contributed by atoms with Gasteiger partial charge in [-0.15, -0.1) is 0 Å². The first-order valence-corrected chi connectivity index (χ1v) is 6.36. The molecule has 1 aromatic heterocycles. The number of aromatic amines is 1. The molecule has 2 aromatic rings. The SMILES string of the molecule is COCc1cc(=O)[nH]c(-c2cc(OC)ccc2Br)n1. The molecule has 1 aromatic carbocycles. The zero-order valence-electron chi connectivity index (χ0n) is 10.6. The number of nitrogens with zero attached hydrogens (tertiary/aromatic N) is 1. The van der Waals surface area contributed by atoms with Gasteiger partial charge in [0.25, 0.3) is 5.56 Å². The van der Waals surface area contributed by atoms with E-state index < -0.39 is 0 Å². The normalized spacial score (nSPS) is 10.5. The van der Waals surface area contributed by atoms with Gasteiger partial charge in [-0.05, 0) is 18.2 Å². The number of aromatic nitrogens is 2. The number of H-pyrrole nitrogens is 1. The maximum Gasteiger partial charge on any atom is 0.251 e. The van der Waals surface area contributed by atoms with Crippen LogP contribution in [0.1, 0.15) is 5.69 Å². The van der Waals surface area contributed by atoms with E-state index in [1.807, 2.05) is 12.1 Å². The number of ether oxygens (including phenoxy) is 2. The molecule has 2 rings (SSSR count). The lowest BCUT2D eigenvalue weighted by Gasteiger charge is -2.08. The van der Waals surface area contributed by atoms with Crippen molar-refractivity contribution >= 4 is 15.9 Å². The van der Waals surface area contributed by atoms with Crippen LogP contribution in [0.5, 0.6) is 5.75 Å². The molecule has 0 spiro atoms. The Morgan fingerprint density at radius 1 is 1.32 bits per heavy atom. The van der Waals surface area contributed by atoms with Gasteiger partial charge in [-0.25, -0.2) is 4.98 Å². The van der Waals surface area contributed by atoms with Crippen LogP contribution in [0.3, 0.4) is 0 Å². The van der Waals surface area contributed by atoms with Crippen LogP contribution in [0.15, 0.2) is 33.5 Å². The van der Waals surface area contributed by atoms with Crippen molar-refractivity contribution in [2.45, 2.75) is 6.61 Å². The molecule has 0 bridgehead atoms. The number of halogens is 1. The van der Waals surface area contributed by atoms with Crippen LogP contribution in [0.2, 0.25) is 0 Å². The lowest BCUT2D eigenvalue weighted by molar-refractivity contribution is 0.181. The minimum Gasteiger partial charge on any atom is -0.497 e. The maximum absolute atomic E-state index is 11.6. The molecule has 1 N–H and O–H groups in total. The Hall–Kier alpha value is -1.66. The minimum absolute atomic E-state index is 0.216. The molecular weight excluding hydrogens is 312 g/mol. The van der Waals surface area contributed by atoms with E-state index in [0.29, 0.717) is 23.9 Å². The zero-order valence-corrected chi connectivity index (χ0v) is 12.2. The van der Waals surface area contributed by atoms with Gasteiger partial charge >= 0.3 is 0 Å². The van der Waals surface area contributed by atoms with E-state index in [1.54, 1.807) is 20.3 Å². The largest absolute Gasteiger partial charge is 0.497 e. The van der Waals surface area contributed by atoms with E-state index in [-0.39, 0.29) is 5.56 Å². The number of methoxy groups -OCH3 is 2. The number of hydrogen-bond donors (Lipinski definition) is 1. The molecule has 6 heteroatoms. The molecule has 0 aliphatic carbocycles. The van der Waals surface area contributed by atoms with Gasteiger partial charge in [-0.1, -0.05) is 15.9 Å². The first kappa shape index (κ1) is 13.8. The first-order chi connectivity index (χ1) is 9.13. The summed E-state index contributed by atoms with van der Waals surface area (Å²) in [5.41, 5.74) is 1.12. The van der Waals surface area contributed by atoms with E-state index in [4.69, 9.17) is 9.47 Å². The van der Waals surface area contributed by atoms with E-state index in [2.05, 4.69) is 25.9 Å². The highest BCUT2D eigenvalue weighted by Gasteiger charge is 2.09. The Balaban J connectivity index is 2.54. The van der Waals surface area contributed by atoms with Gasteiger partial charge in [0.2, 0.25) is 0 Å². The second-order valence-electron chi connectivity index (χ2n) is 3.86. The molecule has 5 nitrogen and oxygen atoms in total. The standard InChI is InChI=1S/C13H13BrN2O3/c1-18-7-8-5-12(17)16-13(15-8)10-6-9(19-2)3-4-11(10)14/h3-6H,7H2,1-2H3,(H,15,16,17). The van der Waals surface area contributed by atoms with Crippen molar-refractivity contribution in [3.8, 4) is 17.1 Å². The van der Waals surface area contributed by atoms with Crippen molar-refractivity contribution in [1.29, 1.82) is 0 Å². The Kier molecular flexibility index (Phi) is 4.34. The molecule has 0 amide bonds. The van der Waals surface area contributed by atoms with Crippen molar-refractivity contribution in [1.82, 2.24) is 9.97 Å². The van der Waals surface area contributed by atoms with Crippen LogP contribution in [0.4, 0.5) is 0 Å². The summed E-state index contributed by atoms with van der Waals surface area (Å²) in [6.45, 7) is 0.290. The van der Waals surface area contributed by atoms with E-state index in [9.17, 15) is 4.79 Å². The summed E-state index contributed by atoms with van der Waals surface area (Å²) in [4.78, 5) is 18.7. The lowest BCUT2D eigenvalue weighted by Crippen LogP contribution is -2.11. The third-order valence-corrected chi connectivity index (χ3v) is 3.21. The first-order valence-electron chi connectivity index (χ1n) is 5.57. The highest BCUT2D eigenvalue weighted by molar-refractivity contribution is 9.10. The van der Waals surface area contributed by atoms with Crippen molar-refractivity contribution in [2.75, 3.05) is 14.2 Å². The number of nitrogens with one attached hydrogen (secondary N) is 1. The third kappa shape index (κ3) is 3.21. The van der Waals surface area contributed by atoms with E-state index in [1.165, 1.54) is 6.07 Å². The van der Waals surface area contributed by atoms with Gasteiger partial charge in [0.05, 0.1) is 19.4 Å². The van der Waals surface area contributed by atoms with Gasteiger partial charge in [-0.2, -0.15) is 0 Å². The molecule has 0 unspecified atom stereocenters. The van der Waals surface area contributed by atoms with E-state index in [0.717, 1.165) is 10.0 Å². The average Bonchev–Trinajstić information content (AvgIpc) is 2.39. The topological polar surface area (TPSA) is 64.2 Å². The molecule has 100 valence electrons. The van der Waals surface area contributed by atoms with Gasteiger partial charge in [0, 0.05) is 23.2 Å². The number of hydrogen-bond acceptors (Lipinski definition) is 4. The third-order valence-electron chi connectivity index (χ3n) is 2.52. The highest BCUT2D eigenvalue weighted by Crippen LogP contribution is 2.29. The molecular formula is C13H13BrN2O3. The monoisotopic (exact) mass is 324 g/mol. The fourth-order valence-corrected chi connectivity index (χ4v) is 2.10. The Morgan fingerprint density at radius 2 is 2.11 bits per heavy atom. The Labute approximate surface area is 118 Å². The van der Waals surface area contributed by atoms with Crippen molar-refractivity contribution < 1.29 is 9.47 Å². The summed E-state index contributed by atoms with van der Waals surface area (Å²) in [5, 5.41) is 0. The lowest BCUT2D eigenvalue weighted by atomic mass is 10.2. The fourth-order valence-electron chi connectivity index (χ4n) is 1.67. The molecule has 0 atom stereocenters. The number of benzene rings is 1. The second kappa shape index (κ2) is 5.99. The molecule has 19 heavy (non-hydrogen) atoms. The molecule has 0 saturated carbocycles. The molecule has 0 aliphatic heterocycles. The summed E-state index contributed by atoms with van der Waals surface area (Å²) in [7, 11) is 3.15. The molecule has 0 fully saturated rings.